The highest BCUT2D eigenvalue weighted by Gasteiger charge is 2.22. The lowest BCUT2D eigenvalue weighted by Gasteiger charge is -2.27. The van der Waals surface area contributed by atoms with Crippen LogP contribution in [0.5, 0.6) is 0 Å². The van der Waals surface area contributed by atoms with Crippen molar-refractivity contribution < 1.29 is 0 Å². The maximum atomic E-state index is 4.29. The molecule has 0 bridgehead atoms. The zero-order valence-electron chi connectivity index (χ0n) is 11.7. The van der Waals surface area contributed by atoms with Crippen molar-refractivity contribution in [2.75, 3.05) is 20.6 Å². The number of aromatic amines is 1. The van der Waals surface area contributed by atoms with E-state index >= 15 is 0 Å². The van der Waals surface area contributed by atoms with Crippen LogP contribution in [0.15, 0.2) is 24.5 Å². The van der Waals surface area contributed by atoms with Gasteiger partial charge in [-0.1, -0.05) is 6.07 Å². The summed E-state index contributed by atoms with van der Waals surface area (Å²) in [5.41, 5.74) is 3.54. The minimum absolute atomic E-state index is 0.461. The van der Waals surface area contributed by atoms with Crippen LogP contribution in [0, 0.1) is 0 Å². The molecule has 4 nitrogen and oxygen atoms in total. The predicted octanol–water partition coefficient (Wildman–Crippen LogP) is 2.31. The number of aromatic nitrogens is 2. The molecule has 102 valence electrons. The van der Waals surface area contributed by atoms with Gasteiger partial charge in [0.05, 0.1) is 17.4 Å². The van der Waals surface area contributed by atoms with Gasteiger partial charge < -0.3 is 15.2 Å². The molecule has 0 saturated carbocycles. The van der Waals surface area contributed by atoms with E-state index in [1.54, 1.807) is 6.33 Å². The molecule has 0 amide bonds. The van der Waals surface area contributed by atoms with Crippen molar-refractivity contribution in [2.24, 2.45) is 0 Å². The Labute approximate surface area is 114 Å². The molecule has 0 aliphatic carbocycles. The van der Waals surface area contributed by atoms with Crippen molar-refractivity contribution >= 4 is 11.0 Å². The van der Waals surface area contributed by atoms with Crippen LogP contribution in [0.1, 0.15) is 30.9 Å². The molecule has 1 aromatic heterocycles. The molecule has 2 N–H and O–H groups in total. The lowest BCUT2D eigenvalue weighted by atomic mass is 9.97. The van der Waals surface area contributed by atoms with E-state index in [1.807, 2.05) is 0 Å². The summed E-state index contributed by atoms with van der Waals surface area (Å²) < 4.78 is 0. The second kappa shape index (κ2) is 5.31. The fourth-order valence-corrected chi connectivity index (χ4v) is 3.03. The first kappa shape index (κ1) is 12.6. The molecule has 2 unspecified atom stereocenters. The van der Waals surface area contributed by atoms with Gasteiger partial charge in [-0.15, -0.1) is 0 Å². The Bertz CT molecular complexity index is 540. The number of nitrogens with zero attached hydrogens (tertiary/aromatic N) is 2. The highest BCUT2D eigenvalue weighted by atomic mass is 15.1. The standard InChI is InChI=1S/C15H22N4/c1-19(2)15(9-12-4-3-7-16-12)11-5-6-13-14(8-11)18-10-17-13/h5-6,8,10,12,15-16H,3-4,7,9H2,1-2H3,(H,17,18). The van der Waals surface area contributed by atoms with E-state index in [2.05, 4.69) is 52.5 Å². The minimum atomic E-state index is 0.461. The van der Waals surface area contributed by atoms with Crippen LogP contribution in [0.25, 0.3) is 11.0 Å². The molecule has 4 heteroatoms. The molecular formula is C15H22N4. The van der Waals surface area contributed by atoms with E-state index in [-0.39, 0.29) is 0 Å². The number of benzene rings is 1. The molecule has 19 heavy (non-hydrogen) atoms. The average molecular weight is 258 g/mol. The topological polar surface area (TPSA) is 44.0 Å². The highest BCUT2D eigenvalue weighted by Crippen LogP contribution is 2.27. The van der Waals surface area contributed by atoms with Crippen LogP contribution < -0.4 is 5.32 Å². The van der Waals surface area contributed by atoms with E-state index in [0.717, 1.165) is 11.0 Å². The maximum Gasteiger partial charge on any atom is 0.0931 e. The fraction of sp³-hybridized carbons (Fsp3) is 0.533. The van der Waals surface area contributed by atoms with Gasteiger partial charge in [-0.3, -0.25) is 0 Å². The summed E-state index contributed by atoms with van der Waals surface area (Å²) in [6, 6.07) is 7.68. The normalized spacial score (nSPS) is 21.3. The first-order valence-corrected chi connectivity index (χ1v) is 7.07. The molecule has 3 rings (SSSR count). The summed E-state index contributed by atoms with van der Waals surface area (Å²) in [6.45, 7) is 1.17. The third-order valence-electron chi connectivity index (χ3n) is 4.12. The summed E-state index contributed by atoms with van der Waals surface area (Å²) in [5, 5.41) is 3.60. The van der Waals surface area contributed by atoms with Gasteiger partial charge in [0.2, 0.25) is 0 Å². The number of nitrogens with one attached hydrogen (secondary N) is 2. The van der Waals surface area contributed by atoms with Gasteiger partial charge in [0, 0.05) is 12.1 Å². The van der Waals surface area contributed by atoms with Crippen molar-refractivity contribution in [2.45, 2.75) is 31.3 Å². The van der Waals surface area contributed by atoms with Crippen LogP contribution in [-0.2, 0) is 0 Å². The van der Waals surface area contributed by atoms with E-state index in [1.165, 1.54) is 31.4 Å². The predicted molar refractivity (Wildman–Crippen MR) is 78.2 cm³/mol. The molecule has 1 aliphatic rings. The van der Waals surface area contributed by atoms with E-state index in [0.29, 0.717) is 12.1 Å². The van der Waals surface area contributed by atoms with Gasteiger partial charge in [-0.25, -0.2) is 4.98 Å². The van der Waals surface area contributed by atoms with Gasteiger partial charge in [-0.05, 0) is 57.6 Å². The van der Waals surface area contributed by atoms with Crippen LogP contribution in [0.2, 0.25) is 0 Å². The molecule has 1 fully saturated rings. The first-order valence-electron chi connectivity index (χ1n) is 7.07. The van der Waals surface area contributed by atoms with Crippen LogP contribution in [0.4, 0.5) is 0 Å². The van der Waals surface area contributed by atoms with Gasteiger partial charge in [0.25, 0.3) is 0 Å². The molecule has 1 aliphatic heterocycles. The minimum Gasteiger partial charge on any atom is -0.345 e. The number of fused-ring (bicyclic) bond motifs is 1. The largest absolute Gasteiger partial charge is 0.345 e. The van der Waals surface area contributed by atoms with Gasteiger partial charge >= 0.3 is 0 Å². The van der Waals surface area contributed by atoms with Gasteiger partial charge in [0.15, 0.2) is 0 Å². The fourth-order valence-electron chi connectivity index (χ4n) is 3.03. The zero-order valence-corrected chi connectivity index (χ0v) is 11.7. The monoisotopic (exact) mass is 258 g/mol. The average Bonchev–Trinajstić information content (AvgIpc) is 3.05. The summed E-state index contributed by atoms with van der Waals surface area (Å²) in [4.78, 5) is 9.80. The van der Waals surface area contributed by atoms with Crippen molar-refractivity contribution in [3.63, 3.8) is 0 Å². The Morgan fingerprint density at radius 2 is 2.32 bits per heavy atom. The van der Waals surface area contributed by atoms with Crippen molar-refractivity contribution in [1.29, 1.82) is 0 Å². The van der Waals surface area contributed by atoms with E-state index in [4.69, 9.17) is 0 Å². The molecule has 1 saturated heterocycles. The SMILES string of the molecule is CN(C)C(CC1CCCN1)c1ccc2nc[nH]c2c1. The van der Waals surface area contributed by atoms with E-state index < -0.39 is 0 Å². The maximum absolute atomic E-state index is 4.29. The Morgan fingerprint density at radius 3 is 3.05 bits per heavy atom. The second-order valence-corrected chi connectivity index (χ2v) is 5.69. The first-order chi connectivity index (χ1) is 9.24. The van der Waals surface area contributed by atoms with Crippen LogP contribution in [-0.4, -0.2) is 41.5 Å². The summed E-state index contributed by atoms with van der Waals surface area (Å²) in [6.07, 6.45) is 5.55. The molecule has 2 heterocycles. The molecule has 0 spiro atoms. The second-order valence-electron chi connectivity index (χ2n) is 5.69. The van der Waals surface area contributed by atoms with Crippen LogP contribution in [0.3, 0.4) is 0 Å². The number of imidazole rings is 1. The lowest BCUT2D eigenvalue weighted by molar-refractivity contribution is 0.263. The Morgan fingerprint density at radius 1 is 1.42 bits per heavy atom. The van der Waals surface area contributed by atoms with E-state index in [9.17, 15) is 0 Å². The Kier molecular flexibility index (Phi) is 3.53. The molecule has 2 atom stereocenters. The number of H-pyrrole nitrogens is 1. The molecular weight excluding hydrogens is 236 g/mol. The van der Waals surface area contributed by atoms with Crippen molar-refractivity contribution in [3.05, 3.63) is 30.1 Å². The van der Waals surface area contributed by atoms with Crippen LogP contribution >= 0.6 is 0 Å². The van der Waals surface area contributed by atoms with Crippen molar-refractivity contribution in [1.82, 2.24) is 20.2 Å². The van der Waals surface area contributed by atoms with Gasteiger partial charge in [0.1, 0.15) is 0 Å². The molecule has 2 aromatic rings. The number of hydrogen-bond acceptors (Lipinski definition) is 3. The molecule has 1 aromatic carbocycles. The zero-order chi connectivity index (χ0) is 13.2. The van der Waals surface area contributed by atoms with Gasteiger partial charge in [-0.2, -0.15) is 0 Å². The Hall–Kier alpha value is -1.39. The Balaban J connectivity index is 1.85. The summed E-state index contributed by atoms with van der Waals surface area (Å²) >= 11 is 0. The summed E-state index contributed by atoms with van der Waals surface area (Å²) in [5.74, 6) is 0. The third-order valence-corrected chi connectivity index (χ3v) is 4.12. The summed E-state index contributed by atoms with van der Waals surface area (Å²) in [7, 11) is 4.33. The number of rotatable bonds is 4. The lowest BCUT2D eigenvalue weighted by Crippen LogP contribution is -2.29. The highest BCUT2D eigenvalue weighted by molar-refractivity contribution is 5.75. The number of hydrogen-bond donors (Lipinski definition) is 2. The third kappa shape index (κ3) is 2.65. The smallest absolute Gasteiger partial charge is 0.0931 e. The molecule has 0 radical (unpaired) electrons. The van der Waals surface area contributed by atoms with Crippen molar-refractivity contribution in [3.8, 4) is 0 Å². The quantitative estimate of drug-likeness (QED) is 0.884.